The summed E-state index contributed by atoms with van der Waals surface area (Å²) in [5.74, 6) is 0.898. The predicted octanol–water partition coefficient (Wildman–Crippen LogP) is 3.52. The zero-order valence-electron chi connectivity index (χ0n) is 11.9. The molecule has 0 bridgehead atoms. The van der Waals surface area contributed by atoms with Crippen LogP contribution < -0.4 is 5.32 Å². The minimum Gasteiger partial charge on any atom is -0.461 e. The molecule has 0 spiro atoms. The van der Waals surface area contributed by atoms with Crippen LogP contribution in [0.5, 0.6) is 0 Å². The molecule has 1 N–H and O–H groups in total. The van der Waals surface area contributed by atoms with Gasteiger partial charge in [-0.1, -0.05) is 35.0 Å². The van der Waals surface area contributed by atoms with E-state index in [-0.39, 0.29) is 5.97 Å². The van der Waals surface area contributed by atoms with Gasteiger partial charge in [0.15, 0.2) is 0 Å². The van der Waals surface area contributed by atoms with Crippen molar-refractivity contribution in [1.82, 2.24) is 5.32 Å². The molecule has 3 nitrogen and oxygen atoms in total. The Morgan fingerprint density at radius 3 is 2.85 bits per heavy atom. The summed E-state index contributed by atoms with van der Waals surface area (Å²) in [6.45, 7) is 4.65. The smallest absolute Gasteiger partial charge is 0.306 e. The maximum atomic E-state index is 11.9. The normalized spacial score (nSPS) is 20.4. The van der Waals surface area contributed by atoms with Gasteiger partial charge in [0.05, 0.1) is 0 Å². The van der Waals surface area contributed by atoms with Crippen molar-refractivity contribution in [2.75, 3.05) is 13.1 Å². The van der Waals surface area contributed by atoms with Crippen LogP contribution in [0.15, 0.2) is 28.7 Å². The molecule has 0 saturated carbocycles. The Morgan fingerprint density at radius 2 is 2.20 bits per heavy atom. The molecule has 2 atom stereocenters. The largest absolute Gasteiger partial charge is 0.461 e. The third-order valence-electron chi connectivity index (χ3n) is 3.94. The SMILES string of the molecule is CC(CC(=O)OCc1ccc(Br)cc1)C1CCCNC1. The van der Waals surface area contributed by atoms with Gasteiger partial charge in [-0.3, -0.25) is 4.79 Å². The Labute approximate surface area is 129 Å². The first kappa shape index (κ1) is 15.5. The first-order valence-electron chi connectivity index (χ1n) is 7.26. The second-order valence-electron chi connectivity index (χ2n) is 5.57. The number of hydrogen-bond acceptors (Lipinski definition) is 3. The molecule has 0 aromatic heterocycles. The summed E-state index contributed by atoms with van der Waals surface area (Å²) in [5.41, 5.74) is 1.02. The number of halogens is 1. The van der Waals surface area contributed by atoms with Crippen LogP contribution in [0, 0.1) is 11.8 Å². The molecule has 1 aliphatic heterocycles. The number of ether oxygens (including phenoxy) is 1. The van der Waals surface area contributed by atoms with Crippen molar-refractivity contribution >= 4 is 21.9 Å². The lowest BCUT2D eigenvalue weighted by atomic mass is 9.85. The quantitative estimate of drug-likeness (QED) is 0.834. The van der Waals surface area contributed by atoms with Crippen LogP contribution in [0.25, 0.3) is 0 Å². The first-order valence-corrected chi connectivity index (χ1v) is 8.05. The highest BCUT2D eigenvalue weighted by molar-refractivity contribution is 9.10. The first-order chi connectivity index (χ1) is 9.65. The lowest BCUT2D eigenvalue weighted by Crippen LogP contribution is -2.34. The van der Waals surface area contributed by atoms with E-state index >= 15 is 0 Å². The summed E-state index contributed by atoms with van der Waals surface area (Å²) in [5, 5.41) is 3.40. The summed E-state index contributed by atoms with van der Waals surface area (Å²) >= 11 is 3.39. The van der Waals surface area contributed by atoms with Crippen molar-refractivity contribution in [3.63, 3.8) is 0 Å². The van der Waals surface area contributed by atoms with E-state index in [0.717, 1.165) is 23.1 Å². The molecule has 0 radical (unpaired) electrons. The number of carbonyl (C=O) groups excluding carboxylic acids is 1. The fraction of sp³-hybridized carbons (Fsp3) is 0.562. The molecule has 1 heterocycles. The number of carbonyl (C=O) groups is 1. The Kier molecular flexibility index (Phi) is 6.05. The summed E-state index contributed by atoms with van der Waals surface area (Å²) in [6, 6.07) is 7.84. The highest BCUT2D eigenvalue weighted by Gasteiger charge is 2.22. The van der Waals surface area contributed by atoms with Gasteiger partial charge < -0.3 is 10.1 Å². The van der Waals surface area contributed by atoms with E-state index in [9.17, 15) is 4.79 Å². The third kappa shape index (κ3) is 4.91. The van der Waals surface area contributed by atoms with Crippen LogP contribution in [0.2, 0.25) is 0 Å². The van der Waals surface area contributed by atoms with Gasteiger partial charge in [0.2, 0.25) is 0 Å². The van der Waals surface area contributed by atoms with E-state index in [4.69, 9.17) is 4.74 Å². The van der Waals surface area contributed by atoms with Gasteiger partial charge >= 0.3 is 5.97 Å². The molecular weight excluding hydrogens is 318 g/mol. The number of esters is 1. The Balaban J connectivity index is 1.73. The van der Waals surface area contributed by atoms with Crippen LogP contribution in [0.4, 0.5) is 0 Å². The lowest BCUT2D eigenvalue weighted by molar-refractivity contribution is -0.146. The van der Waals surface area contributed by atoms with Gasteiger partial charge in [-0.05, 0) is 55.5 Å². The molecule has 2 rings (SSSR count). The Bertz CT molecular complexity index is 427. The number of benzene rings is 1. The van der Waals surface area contributed by atoms with Crippen LogP contribution in [0.1, 0.15) is 31.7 Å². The maximum absolute atomic E-state index is 11.9. The highest BCUT2D eigenvalue weighted by Crippen LogP contribution is 2.23. The van der Waals surface area contributed by atoms with Crippen LogP contribution in [-0.2, 0) is 16.1 Å². The van der Waals surface area contributed by atoms with Gasteiger partial charge in [-0.15, -0.1) is 0 Å². The van der Waals surface area contributed by atoms with Crippen LogP contribution in [0.3, 0.4) is 0 Å². The van der Waals surface area contributed by atoms with Gasteiger partial charge in [0.25, 0.3) is 0 Å². The summed E-state index contributed by atoms with van der Waals surface area (Å²) < 4.78 is 6.39. The fourth-order valence-corrected chi connectivity index (χ4v) is 2.86. The minimum atomic E-state index is -0.0917. The second-order valence-corrected chi connectivity index (χ2v) is 6.49. The monoisotopic (exact) mass is 339 g/mol. The van der Waals surface area contributed by atoms with Gasteiger partial charge in [-0.2, -0.15) is 0 Å². The summed E-state index contributed by atoms with van der Waals surface area (Å²) in [4.78, 5) is 11.9. The highest BCUT2D eigenvalue weighted by atomic mass is 79.9. The molecule has 4 heteroatoms. The van der Waals surface area contributed by atoms with E-state index in [1.54, 1.807) is 0 Å². The Morgan fingerprint density at radius 1 is 1.45 bits per heavy atom. The molecule has 0 aliphatic carbocycles. The average molecular weight is 340 g/mol. The molecule has 1 aromatic rings. The number of nitrogens with one attached hydrogen (secondary N) is 1. The molecule has 1 aliphatic rings. The van der Waals surface area contributed by atoms with Crippen LogP contribution in [-0.4, -0.2) is 19.1 Å². The third-order valence-corrected chi connectivity index (χ3v) is 4.47. The van der Waals surface area contributed by atoms with Gasteiger partial charge in [-0.25, -0.2) is 0 Å². The number of rotatable bonds is 5. The van der Waals surface area contributed by atoms with Crippen molar-refractivity contribution in [3.8, 4) is 0 Å². The number of hydrogen-bond donors (Lipinski definition) is 1. The van der Waals surface area contributed by atoms with E-state index in [0.29, 0.717) is 24.9 Å². The fourth-order valence-electron chi connectivity index (χ4n) is 2.60. The second kappa shape index (κ2) is 7.79. The van der Waals surface area contributed by atoms with Gasteiger partial charge in [0.1, 0.15) is 6.61 Å². The molecule has 0 amide bonds. The molecule has 1 fully saturated rings. The molecule has 1 aromatic carbocycles. The van der Waals surface area contributed by atoms with Crippen molar-refractivity contribution in [2.24, 2.45) is 11.8 Å². The molecule has 110 valence electrons. The van der Waals surface area contributed by atoms with E-state index in [2.05, 4.69) is 28.2 Å². The molecule has 2 unspecified atom stereocenters. The number of piperidine rings is 1. The zero-order chi connectivity index (χ0) is 14.4. The molecule has 20 heavy (non-hydrogen) atoms. The van der Waals surface area contributed by atoms with Crippen molar-refractivity contribution in [3.05, 3.63) is 34.3 Å². The van der Waals surface area contributed by atoms with E-state index in [1.165, 1.54) is 12.8 Å². The summed E-state index contributed by atoms with van der Waals surface area (Å²) in [7, 11) is 0. The van der Waals surface area contributed by atoms with Gasteiger partial charge in [0, 0.05) is 10.9 Å². The lowest BCUT2D eigenvalue weighted by Gasteiger charge is -2.27. The predicted molar refractivity (Wildman–Crippen MR) is 83.3 cm³/mol. The van der Waals surface area contributed by atoms with Crippen LogP contribution >= 0.6 is 15.9 Å². The standard InChI is InChI=1S/C16H22BrNO2/c1-12(14-3-2-8-18-10-14)9-16(19)20-11-13-4-6-15(17)7-5-13/h4-7,12,14,18H,2-3,8-11H2,1H3. The topological polar surface area (TPSA) is 38.3 Å². The van der Waals surface area contributed by atoms with Crippen molar-refractivity contribution < 1.29 is 9.53 Å². The minimum absolute atomic E-state index is 0.0917. The summed E-state index contributed by atoms with van der Waals surface area (Å²) in [6.07, 6.45) is 2.94. The maximum Gasteiger partial charge on any atom is 0.306 e. The Hall–Kier alpha value is -0.870. The van der Waals surface area contributed by atoms with E-state index < -0.39 is 0 Å². The molecular formula is C16H22BrNO2. The average Bonchev–Trinajstić information content (AvgIpc) is 2.47. The van der Waals surface area contributed by atoms with Crippen molar-refractivity contribution in [2.45, 2.75) is 32.8 Å². The molecule has 1 saturated heterocycles. The zero-order valence-corrected chi connectivity index (χ0v) is 13.5. The van der Waals surface area contributed by atoms with E-state index in [1.807, 2.05) is 24.3 Å². The van der Waals surface area contributed by atoms with Crippen molar-refractivity contribution in [1.29, 1.82) is 0 Å².